The van der Waals surface area contributed by atoms with Gasteiger partial charge in [0, 0.05) is 19.4 Å². The van der Waals surface area contributed by atoms with Crippen LogP contribution in [0.5, 0.6) is 0 Å². The molecular weight excluding hydrogens is 199 g/mol. The van der Waals surface area contributed by atoms with Crippen LogP contribution in [0, 0.1) is 5.41 Å². The van der Waals surface area contributed by atoms with E-state index in [2.05, 4.69) is 39.0 Å². The van der Waals surface area contributed by atoms with Crippen LogP contribution < -0.4 is 5.46 Å². The molecule has 0 aromatic carbocycles. The average molecular weight is 220 g/mol. The summed E-state index contributed by atoms with van der Waals surface area (Å²) in [7, 11) is 1.95. The zero-order valence-corrected chi connectivity index (χ0v) is 10.9. The van der Waals surface area contributed by atoms with Gasteiger partial charge in [-0.05, 0) is 37.5 Å². The van der Waals surface area contributed by atoms with Crippen molar-refractivity contribution in [2.45, 2.75) is 46.0 Å². The van der Waals surface area contributed by atoms with E-state index < -0.39 is 0 Å². The monoisotopic (exact) mass is 220 g/mol. The number of nitrogens with zero attached hydrogens (tertiary/aromatic N) is 2. The van der Waals surface area contributed by atoms with E-state index in [0.29, 0.717) is 0 Å². The van der Waals surface area contributed by atoms with Gasteiger partial charge in [0.1, 0.15) is 0 Å². The van der Waals surface area contributed by atoms with Crippen LogP contribution >= 0.6 is 0 Å². The maximum atomic E-state index is 6.24. The van der Waals surface area contributed by atoms with Crippen molar-refractivity contribution < 1.29 is 4.65 Å². The Bertz CT molecular complexity index is 384. The van der Waals surface area contributed by atoms with Crippen LogP contribution in [0.3, 0.4) is 0 Å². The van der Waals surface area contributed by atoms with Crippen molar-refractivity contribution in [3.8, 4) is 0 Å². The summed E-state index contributed by atoms with van der Waals surface area (Å²) in [6.07, 6.45) is 6.25. The summed E-state index contributed by atoms with van der Waals surface area (Å²) in [4.78, 5) is 0. The summed E-state index contributed by atoms with van der Waals surface area (Å²) in [6, 6.07) is 0. The van der Waals surface area contributed by atoms with Crippen LogP contribution in [-0.4, -0.2) is 22.3 Å². The van der Waals surface area contributed by atoms with E-state index in [1.807, 2.05) is 17.9 Å². The van der Waals surface area contributed by atoms with Crippen molar-refractivity contribution in [1.82, 2.24) is 9.78 Å². The lowest BCUT2D eigenvalue weighted by Crippen LogP contribution is -2.53. The largest absolute Gasteiger partial charge is 0.425 e. The molecule has 2 heterocycles. The van der Waals surface area contributed by atoms with Gasteiger partial charge in [0.05, 0.1) is 5.60 Å². The van der Waals surface area contributed by atoms with E-state index in [1.165, 1.54) is 11.9 Å². The van der Waals surface area contributed by atoms with Crippen LogP contribution in [0.4, 0.5) is 0 Å². The van der Waals surface area contributed by atoms with Gasteiger partial charge in [-0.2, -0.15) is 5.10 Å². The molecule has 1 aromatic rings. The molecule has 0 bridgehead atoms. The molecule has 0 spiro atoms. The third kappa shape index (κ3) is 1.91. The number of hydrogen-bond acceptors (Lipinski definition) is 2. The molecule has 2 rings (SSSR count). The summed E-state index contributed by atoms with van der Waals surface area (Å²) in [5.74, 6) is 0. The number of aryl methyl sites for hydroxylation is 1. The van der Waals surface area contributed by atoms with E-state index in [1.54, 1.807) is 0 Å². The quantitative estimate of drug-likeness (QED) is 0.675. The molecule has 0 radical (unpaired) electrons. The van der Waals surface area contributed by atoms with E-state index in [0.717, 1.165) is 6.32 Å². The van der Waals surface area contributed by atoms with E-state index in [-0.39, 0.29) is 17.9 Å². The average Bonchev–Trinajstić information content (AvgIpc) is 2.57. The molecule has 0 N–H and O–H groups in total. The smallest absolute Gasteiger partial charge is 0.330 e. The van der Waals surface area contributed by atoms with Gasteiger partial charge in [-0.1, -0.05) is 13.8 Å². The van der Waals surface area contributed by atoms with Gasteiger partial charge in [-0.3, -0.25) is 4.68 Å². The third-order valence-electron chi connectivity index (χ3n) is 4.19. The second kappa shape index (κ2) is 3.62. The topological polar surface area (TPSA) is 27.1 Å². The predicted octanol–water partition coefficient (Wildman–Crippen LogP) is 1.84. The van der Waals surface area contributed by atoms with Crippen LogP contribution in [0.15, 0.2) is 12.4 Å². The lowest BCUT2D eigenvalue weighted by atomic mass is 9.51. The van der Waals surface area contributed by atoms with Crippen molar-refractivity contribution in [1.29, 1.82) is 0 Å². The lowest BCUT2D eigenvalue weighted by Gasteiger charge is -2.48. The molecule has 1 fully saturated rings. The van der Waals surface area contributed by atoms with Crippen LogP contribution in [0.2, 0.25) is 6.32 Å². The van der Waals surface area contributed by atoms with Gasteiger partial charge in [0.25, 0.3) is 0 Å². The van der Waals surface area contributed by atoms with Crippen LogP contribution in [-0.2, 0) is 11.7 Å². The number of rotatable bonds is 1. The molecular formula is C12H21BN2O. The normalized spacial score (nSPS) is 23.4. The minimum atomic E-state index is -0.0776. The molecule has 0 atom stereocenters. The standard InChI is InChI=1S/C12H21BN2O/c1-11(2)6-7-13(16-12(11,3)4)10-8-14-15(5)9-10/h8-9H,6-7H2,1-5H3. The molecule has 1 saturated heterocycles. The van der Waals surface area contributed by atoms with Crippen molar-refractivity contribution in [2.75, 3.05) is 0 Å². The minimum absolute atomic E-state index is 0.0776. The van der Waals surface area contributed by atoms with Gasteiger partial charge in [0.15, 0.2) is 0 Å². The summed E-state index contributed by atoms with van der Waals surface area (Å²) in [5.41, 5.74) is 1.36. The molecule has 0 saturated carbocycles. The molecule has 1 aliphatic heterocycles. The van der Waals surface area contributed by atoms with Gasteiger partial charge < -0.3 is 4.65 Å². The number of aromatic nitrogens is 2. The summed E-state index contributed by atoms with van der Waals surface area (Å²) in [5, 5.41) is 4.21. The minimum Gasteiger partial charge on any atom is -0.425 e. The Balaban J connectivity index is 2.17. The van der Waals surface area contributed by atoms with Gasteiger partial charge in [-0.25, -0.2) is 0 Å². The fourth-order valence-corrected chi connectivity index (χ4v) is 2.21. The second-order valence-electron chi connectivity index (χ2n) is 5.99. The first-order valence-corrected chi connectivity index (χ1v) is 5.98. The molecule has 4 heteroatoms. The Labute approximate surface area is 98.3 Å². The van der Waals surface area contributed by atoms with Crippen molar-refractivity contribution in [3.63, 3.8) is 0 Å². The fraction of sp³-hybridized carbons (Fsp3) is 0.750. The summed E-state index contributed by atoms with van der Waals surface area (Å²) in [6.45, 7) is 9.15. The fourth-order valence-electron chi connectivity index (χ4n) is 2.21. The predicted molar refractivity (Wildman–Crippen MR) is 67.0 cm³/mol. The summed E-state index contributed by atoms with van der Waals surface area (Å²) >= 11 is 0. The zero-order chi connectivity index (χ0) is 12.0. The lowest BCUT2D eigenvalue weighted by molar-refractivity contribution is -0.0311. The Kier molecular flexibility index (Phi) is 2.65. The molecule has 16 heavy (non-hydrogen) atoms. The summed E-state index contributed by atoms with van der Waals surface area (Å²) < 4.78 is 8.07. The molecule has 3 nitrogen and oxygen atoms in total. The van der Waals surface area contributed by atoms with Crippen molar-refractivity contribution in [3.05, 3.63) is 12.4 Å². The highest BCUT2D eigenvalue weighted by Crippen LogP contribution is 2.42. The molecule has 1 aromatic heterocycles. The molecule has 1 aliphatic rings. The van der Waals surface area contributed by atoms with Crippen molar-refractivity contribution in [2.24, 2.45) is 12.5 Å². The highest BCUT2D eigenvalue weighted by atomic mass is 16.5. The molecule has 0 unspecified atom stereocenters. The Hall–Kier alpha value is -0.765. The maximum Gasteiger partial charge on any atom is 0.330 e. The molecule has 0 aliphatic carbocycles. The van der Waals surface area contributed by atoms with E-state index in [9.17, 15) is 0 Å². The SMILES string of the molecule is Cn1cc(B2CCC(C)(C)C(C)(C)O2)cn1. The van der Waals surface area contributed by atoms with E-state index >= 15 is 0 Å². The second-order valence-corrected chi connectivity index (χ2v) is 5.99. The first-order valence-electron chi connectivity index (χ1n) is 5.98. The molecule has 88 valence electrons. The van der Waals surface area contributed by atoms with Crippen LogP contribution in [0.25, 0.3) is 0 Å². The van der Waals surface area contributed by atoms with Crippen molar-refractivity contribution >= 4 is 12.4 Å². The third-order valence-corrected chi connectivity index (χ3v) is 4.19. The first-order chi connectivity index (χ1) is 7.32. The van der Waals surface area contributed by atoms with Gasteiger partial charge in [0.2, 0.25) is 0 Å². The van der Waals surface area contributed by atoms with Gasteiger partial charge in [-0.15, -0.1) is 0 Å². The Morgan fingerprint density at radius 2 is 2.06 bits per heavy atom. The van der Waals surface area contributed by atoms with Crippen LogP contribution in [0.1, 0.15) is 34.1 Å². The highest BCUT2D eigenvalue weighted by Gasteiger charge is 2.45. The van der Waals surface area contributed by atoms with E-state index in [4.69, 9.17) is 4.65 Å². The zero-order valence-electron chi connectivity index (χ0n) is 10.9. The maximum absolute atomic E-state index is 6.24. The highest BCUT2D eigenvalue weighted by molar-refractivity contribution is 6.67. The van der Waals surface area contributed by atoms with Gasteiger partial charge >= 0.3 is 6.92 Å². The Morgan fingerprint density at radius 1 is 1.38 bits per heavy atom. The molecule has 0 amide bonds. The first kappa shape index (κ1) is 11.7. The number of hydrogen-bond donors (Lipinski definition) is 0. The Morgan fingerprint density at radius 3 is 2.56 bits per heavy atom.